The zero-order chi connectivity index (χ0) is 12.8. The third kappa shape index (κ3) is 3.81. The highest BCUT2D eigenvalue weighted by Crippen LogP contribution is 2.24. The number of halogens is 1. The topological polar surface area (TPSA) is 18.5 Å². The summed E-state index contributed by atoms with van der Waals surface area (Å²) in [5.41, 5.74) is 2.55. The first kappa shape index (κ1) is 14.0. The number of hydrogen-bond acceptors (Lipinski definition) is 2. The fourth-order valence-corrected chi connectivity index (χ4v) is 2.86. The van der Waals surface area contributed by atoms with Gasteiger partial charge in [0.25, 0.3) is 0 Å². The van der Waals surface area contributed by atoms with Gasteiger partial charge in [-0.25, -0.2) is 0 Å². The molecule has 100 valence electrons. The molecule has 1 aliphatic heterocycles. The second-order valence-electron chi connectivity index (χ2n) is 4.82. The van der Waals surface area contributed by atoms with Gasteiger partial charge in [-0.15, -0.1) is 0 Å². The Bertz CT molecular complexity index is 361. The van der Waals surface area contributed by atoms with E-state index in [1.54, 1.807) is 0 Å². The van der Waals surface area contributed by atoms with Crippen molar-refractivity contribution < 1.29 is 9.47 Å². The molecular weight excluding hydrogens is 292 g/mol. The van der Waals surface area contributed by atoms with Crippen LogP contribution in [0.15, 0.2) is 24.3 Å². The number of aryl methyl sites for hydroxylation is 1. The number of rotatable bonds is 5. The first-order chi connectivity index (χ1) is 8.81. The molecule has 2 atom stereocenters. The van der Waals surface area contributed by atoms with E-state index in [1.807, 2.05) is 0 Å². The summed E-state index contributed by atoms with van der Waals surface area (Å²) in [7, 11) is 0. The first-order valence-corrected chi connectivity index (χ1v) is 7.78. The van der Waals surface area contributed by atoms with Gasteiger partial charge in [0.15, 0.2) is 0 Å². The largest absolute Gasteiger partial charge is 0.376 e. The smallest absolute Gasteiger partial charge is 0.0925 e. The van der Waals surface area contributed by atoms with Crippen LogP contribution in [0.25, 0.3) is 0 Å². The lowest BCUT2D eigenvalue weighted by Crippen LogP contribution is -2.25. The van der Waals surface area contributed by atoms with Gasteiger partial charge < -0.3 is 9.47 Å². The Kier molecular flexibility index (Phi) is 5.67. The molecule has 0 bridgehead atoms. The normalized spacial score (nSPS) is 21.8. The molecule has 1 aromatic rings. The van der Waals surface area contributed by atoms with Crippen molar-refractivity contribution in [2.24, 2.45) is 0 Å². The van der Waals surface area contributed by atoms with E-state index >= 15 is 0 Å². The molecule has 2 unspecified atom stereocenters. The summed E-state index contributed by atoms with van der Waals surface area (Å²) in [6.45, 7) is 3.72. The predicted molar refractivity (Wildman–Crippen MR) is 77.3 cm³/mol. The van der Waals surface area contributed by atoms with Crippen molar-refractivity contribution in [1.82, 2.24) is 0 Å². The molecule has 18 heavy (non-hydrogen) atoms. The highest BCUT2D eigenvalue weighted by atomic mass is 79.9. The molecule has 0 saturated carbocycles. The maximum Gasteiger partial charge on any atom is 0.0925 e. The molecule has 1 aromatic carbocycles. The van der Waals surface area contributed by atoms with Crippen LogP contribution in [0.1, 0.15) is 36.5 Å². The van der Waals surface area contributed by atoms with E-state index in [0.29, 0.717) is 6.61 Å². The van der Waals surface area contributed by atoms with Gasteiger partial charge in [0, 0.05) is 11.9 Å². The maximum atomic E-state index is 6.03. The van der Waals surface area contributed by atoms with E-state index in [9.17, 15) is 0 Å². The second-order valence-corrected chi connectivity index (χ2v) is 5.47. The standard InChI is InChI=1S/C15H21BrO2/c1-12-6-2-3-8-14(12)15(10-16)18-11-13-7-4-5-9-17-13/h2-3,6,8,13,15H,4-5,7,9-11H2,1H3. The molecule has 0 amide bonds. The average molecular weight is 313 g/mol. The van der Waals surface area contributed by atoms with Crippen molar-refractivity contribution in [3.63, 3.8) is 0 Å². The average Bonchev–Trinajstić information content (AvgIpc) is 2.42. The lowest BCUT2D eigenvalue weighted by molar-refractivity contribution is -0.0586. The van der Waals surface area contributed by atoms with Gasteiger partial charge >= 0.3 is 0 Å². The van der Waals surface area contributed by atoms with Gasteiger partial charge in [-0.1, -0.05) is 40.2 Å². The summed E-state index contributed by atoms with van der Waals surface area (Å²) in [4.78, 5) is 0. The monoisotopic (exact) mass is 312 g/mol. The van der Waals surface area contributed by atoms with Crippen LogP contribution in [-0.2, 0) is 9.47 Å². The van der Waals surface area contributed by atoms with Crippen LogP contribution >= 0.6 is 15.9 Å². The molecule has 1 aliphatic rings. The van der Waals surface area contributed by atoms with Crippen LogP contribution in [-0.4, -0.2) is 24.6 Å². The molecule has 1 fully saturated rings. The molecule has 2 rings (SSSR count). The van der Waals surface area contributed by atoms with Gasteiger partial charge in [0.1, 0.15) is 0 Å². The van der Waals surface area contributed by atoms with Gasteiger partial charge in [-0.05, 0) is 37.3 Å². The van der Waals surface area contributed by atoms with Crippen LogP contribution in [0.2, 0.25) is 0 Å². The summed E-state index contributed by atoms with van der Waals surface area (Å²) in [5, 5.41) is 0.824. The minimum atomic E-state index is 0.122. The van der Waals surface area contributed by atoms with Gasteiger partial charge in [-0.2, -0.15) is 0 Å². The van der Waals surface area contributed by atoms with Crippen molar-refractivity contribution in [2.75, 3.05) is 18.5 Å². The summed E-state index contributed by atoms with van der Waals surface area (Å²) in [6.07, 6.45) is 3.98. The fraction of sp³-hybridized carbons (Fsp3) is 0.600. The molecule has 0 radical (unpaired) electrons. The molecular formula is C15H21BrO2. The SMILES string of the molecule is Cc1ccccc1C(CBr)OCC1CCCCO1. The maximum absolute atomic E-state index is 6.03. The molecule has 0 spiro atoms. The van der Waals surface area contributed by atoms with Gasteiger partial charge in [0.2, 0.25) is 0 Å². The Labute approximate surface area is 118 Å². The Balaban J connectivity index is 1.91. The number of ether oxygens (including phenoxy) is 2. The van der Waals surface area contributed by atoms with Crippen LogP contribution in [0.5, 0.6) is 0 Å². The molecule has 1 heterocycles. The van der Waals surface area contributed by atoms with Crippen LogP contribution < -0.4 is 0 Å². The lowest BCUT2D eigenvalue weighted by Gasteiger charge is -2.25. The fourth-order valence-electron chi connectivity index (χ4n) is 2.33. The highest BCUT2D eigenvalue weighted by Gasteiger charge is 2.18. The molecule has 1 saturated heterocycles. The van der Waals surface area contributed by atoms with E-state index in [-0.39, 0.29) is 12.2 Å². The van der Waals surface area contributed by atoms with Crippen LogP contribution in [0.4, 0.5) is 0 Å². The van der Waals surface area contributed by atoms with Crippen molar-refractivity contribution in [3.8, 4) is 0 Å². The molecule has 0 aliphatic carbocycles. The van der Waals surface area contributed by atoms with E-state index in [0.717, 1.165) is 18.4 Å². The van der Waals surface area contributed by atoms with E-state index in [2.05, 4.69) is 47.1 Å². The van der Waals surface area contributed by atoms with Crippen LogP contribution in [0, 0.1) is 6.92 Å². The van der Waals surface area contributed by atoms with Crippen molar-refractivity contribution in [2.45, 2.75) is 38.4 Å². The quantitative estimate of drug-likeness (QED) is 0.765. The van der Waals surface area contributed by atoms with Crippen LogP contribution in [0.3, 0.4) is 0 Å². The second kappa shape index (κ2) is 7.27. The Morgan fingerprint density at radius 1 is 1.39 bits per heavy atom. The van der Waals surface area contributed by atoms with E-state index in [4.69, 9.17) is 9.47 Å². The summed E-state index contributed by atoms with van der Waals surface area (Å²) in [5.74, 6) is 0. The molecule has 2 nitrogen and oxygen atoms in total. The summed E-state index contributed by atoms with van der Waals surface area (Å²) >= 11 is 3.55. The predicted octanol–water partition coefficient (Wildman–Crippen LogP) is 4.02. The molecule has 0 N–H and O–H groups in total. The Morgan fingerprint density at radius 3 is 2.89 bits per heavy atom. The number of hydrogen-bond donors (Lipinski definition) is 0. The third-order valence-electron chi connectivity index (χ3n) is 3.43. The number of benzene rings is 1. The zero-order valence-corrected chi connectivity index (χ0v) is 12.5. The van der Waals surface area contributed by atoms with E-state index < -0.39 is 0 Å². The van der Waals surface area contributed by atoms with Gasteiger partial charge in [0.05, 0.1) is 18.8 Å². The van der Waals surface area contributed by atoms with Gasteiger partial charge in [-0.3, -0.25) is 0 Å². The van der Waals surface area contributed by atoms with E-state index in [1.165, 1.54) is 24.0 Å². The van der Waals surface area contributed by atoms with Crippen molar-refractivity contribution in [3.05, 3.63) is 35.4 Å². The molecule has 0 aromatic heterocycles. The van der Waals surface area contributed by atoms with Crippen molar-refractivity contribution >= 4 is 15.9 Å². The lowest BCUT2D eigenvalue weighted by atomic mass is 10.0. The van der Waals surface area contributed by atoms with Crippen molar-refractivity contribution in [1.29, 1.82) is 0 Å². The highest BCUT2D eigenvalue weighted by molar-refractivity contribution is 9.09. The minimum Gasteiger partial charge on any atom is -0.376 e. The Morgan fingerprint density at radius 2 is 2.22 bits per heavy atom. The Hall–Kier alpha value is -0.380. The third-order valence-corrected chi connectivity index (χ3v) is 4.02. The molecule has 3 heteroatoms. The number of alkyl halides is 1. The summed E-state index contributed by atoms with van der Waals surface area (Å²) < 4.78 is 11.7. The minimum absolute atomic E-state index is 0.122. The zero-order valence-electron chi connectivity index (χ0n) is 10.9. The summed E-state index contributed by atoms with van der Waals surface area (Å²) in [6, 6.07) is 8.40. The first-order valence-electron chi connectivity index (χ1n) is 6.66.